The van der Waals surface area contributed by atoms with E-state index in [0.29, 0.717) is 54.7 Å². The van der Waals surface area contributed by atoms with Gasteiger partial charge in [0, 0.05) is 6.54 Å². The molecule has 0 radical (unpaired) electrons. The molecule has 4 amide bonds. The summed E-state index contributed by atoms with van der Waals surface area (Å²) in [6.07, 6.45) is 0.543. The Labute approximate surface area is 197 Å². The molecule has 2 N–H and O–H groups in total. The molecule has 1 fully saturated rings. The van der Waals surface area contributed by atoms with Crippen LogP contribution in [-0.2, 0) is 21.5 Å². The van der Waals surface area contributed by atoms with Crippen LogP contribution in [0.2, 0.25) is 0 Å². The SMILES string of the molecule is COc1ccc(CCNC(=O)CN2C(=O)NC(C)(c3ccc4c(c3)OCCO4)C2=O)cc1OC. The zero-order valence-electron chi connectivity index (χ0n) is 19.3. The molecule has 2 aliphatic rings. The first-order chi connectivity index (χ1) is 16.4. The molecular weight excluding hydrogens is 442 g/mol. The van der Waals surface area contributed by atoms with Gasteiger partial charge in [-0.3, -0.25) is 14.5 Å². The fraction of sp³-hybridized carbons (Fsp3) is 0.375. The van der Waals surface area contributed by atoms with Crippen LogP contribution < -0.4 is 29.6 Å². The van der Waals surface area contributed by atoms with E-state index in [0.717, 1.165) is 10.5 Å². The van der Waals surface area contributed by atoms with Crippen molar-refractivity contribution < 1.29 is 33.3 Å². The van der Waals surface area contributed by atoms with Crippen LogP contribution in [0.25, 0.3) is 0 Å². The van der Waals surface area contributed by atoms with E-state index >= 15 is 0 Å². The number of carbonyl (C=O) groups is 3. The third kappa shape index (κ3) is 4.43. The van der Waals surface area contributed by atoms with Crippen molar-refractivity contribution >= 4 is 17.8 Å². The zero-order valence-corrected chi connectivity index (χ0v) is 19.3. The number of carbonyl (C=O) groups excluding carboxylic acids is 3. The minimum Gasteiger partial charge on any atom is -0.493 e. The smallest absolute Gasteiger partial charge is 0.325 e. The lowest BCUT2D eigenvalue weighted by Gasteiger charge is -2.25. The summed E-state index contributed by atoms with van der Waals surface area (Å²) in [6.45, 7) is 2.42. The van der Waals surface area contributed by atoms with Gasteiger partial charge in [0.1, 0.15) is 25.3 Å². The van der Waals surface area contributed by atoms with Gasteiger partial charge in [-0.1, -0.05) is 12.1 Å². The predicted octanol–water partition coefficient (Wildman–Crippen LogP) is 1.60. The molecule has 2 aromatic rings. The van der Waals surface area contributed by atoms with Gasteiger partial charge in [-0.05, 0) is 48.7 Å². The van der Waals surface area contributed by atoms with Crippen molar-refractivity contribution in [3.05, 3.63) is 47.5 Å². The van der Waals surface area contributed by atoms with Gasteiger partial charge < -0.3 is 29.6 Å². The average Bonchev–Trinajstić information content (AvgIpc) is 3.07. The quantitative estimate of drug-likeness (QED) is 0.565. The Hall–Kier alpha value is -3.95. The molecule has 0 aliphatic carbocycles. The van der Waals surface area contributed by atoms with E-state index in [2.05, 4.69) is 10.6 Å². The molecule has 2 aromatic carbocycles. The molecule has 34 heavy (non-hydrogen) atoms. The highest BCUT2D eigenvalue weighted by Crippen LogP contribution is 2.36. The van der Waals surface area contributed by atoms with Crippen LogP contribution in [0.3, 0.4) is 0 Å². The maximum Gasteiger partial charge on any atom is 0.325 e. The lowest BCUT2D eigenvalue weighted by Crippen LogP contribution is -2.43. The van der Waals surface area contributed by atoms with Gasteiger partial charge >= 0.3 is 6.03 Å². The lowest BCUT2D eigenvalue weighted by molar-refractivity contribution is -0.134. The Bertz CT molecular complexity index is 1120. The largest absolute Gasteiger partial charge is 0.493 e. The van der Waals surface area contributed by atoms with Crippen molar-refractivity contribution in [1.82, 2.24) is 15.5 Å². The summed E-state index contributed by atoms with van der Waals surface area (Å²) in [6, 6.07) is 9.97. The molecular formula is C24H27N3O7. The maximum absolute atomic E-state index is 13.1. The highest BCUT2D eigenvalue weighted by atomic mass is 16.6. The number of methoxy groups -OCH3 is 2. The third-order valence-corrected chi connectivity index (χ3v) is 5.88. The summed E-state index contributed by atoms with van der Waals surface area (Å²) in [5.41, 5.74) is 0.179. The molecule has 4 rings (SSSR count). The zero-order chi connectivity index (χ0) is 24.3. The van der Waals surface area contributed by atoms with E-state index in [1.807, 2.05) is 12.1 Å². The van der Waals surface area contributed by atoms with E-state index in [1.165, 1.54) is 0 Å². The van der Waals surface area contributed by atoms with Gasteiger partial charge in [-0.2, -0.15) is 0 Å². The number of ether oxygens (including phenoxy) is 4. The van der Waals surface area contributed by atoms with E-state index in [9.17, 15) is 14.4 Å². The summed E-state index contributed by atoms with van der Waals surface area (Å²) in [4.78, 5) is 39.1. The van der Waals surface area contributed by atoms with Gasteiger partial charge in [0.15, 0.2) is 23.0 Å². The lowest BCUT2D eigenvalue weighted by atomic mass is 9.91. The van der Waals surface area contributed by atoms with Crippen LogP contribution in [-0.4, -0.2) is 63.3 Å². The number of benzene rings is 2. The molecule has 10 heteroatoms. The van der Waals surface area contributed by atoms with Crippen molar-refractivity contribution in [1.29, 1.82) is 0 Å². The first kappa shape index (κ1) is 23.2. The van der Waals surface area contributed by atoms with Crippen LogP contribution in [0, 0.1) is 0 Å². The fourth-order valence-electron chi connectivity index (χ4n) is 3.97. The Balaban J connectivity index is 1.36. The van der Waals surface area contributed by atoms with Crippen LogP contribution in [0.5, 0.6) is 23.0 Å². The minimum atomic E-state index is -1.31. The summed E-state index contributed by atoms with van der Waals surface area (Å²) in [7, 11) is 3.12. The number of nitrogens with zero attached hydrogens (tertiary/aromatic N) is 1. The molecule has 2 aliphatic heterocycles. The molecule has 10 nitrogen and oxygen atoms in total. The molecule has 0 aromatic heterocycles. The summed E-state index contributed by atoms with van der Waals surface area (Å²) >= 11 is 0. The van der Waals surface area contributed by atoms with Gasteiger partial charge in [0.05, 0.1) is 14.2 Å². The standard InChI is InChI=1S/C24H27N3O7/c1-24(16-5-7-18-20(13-16)34-11-10-33-18)22(29)27(23(30)26-24)14-21(28)25-9-8-15-4-6-17(31-2)19(12-15)32-3/h4-7,12-13H,8-11,14H2,1-3H3,(H,25,28)(H,26,30). The van der Waals surface area contributed by atoms with Crippen LogP contribution >= 0.6 is 0 Å². The Morgan fingerprint density at radius 3 is 2.53 bits per heavy atom. The summed E-state index contributed by atoms with van der Waals surface area (Å²) in [5, 5.41) is 5.45. The summed E-state index contributed by atoms with van der Waals surface area (Å²) in [5.74, 6) is 1.37. The molecule has 180 valence electrons. The highest BCUT2D eigenvalue weighted by molar-refractivity contribution is 6.09. The van der Waals surface area contributed by atoms with Gasteiger partial charge in [-0.25, -0.2) is 4.79 Å². The molecule has 0 spiro atoms. The van der Waals surface area contributed by atoms with Gasteiger partial charge in [0.25, 0.3) is 5.91 Å². The third-order valence-electron chi connectivity index (χ3n) is 5.88. The Morgan fingerprint density at radius 1 is 1.06 bits per heavy atom. The van der Waals surface area contributed by atoms with Crippen molar-refractivity contribution in [2.24, 2.45) is 0 Å². The van der Waals surface area contributed by atoms with E-state index in [4.69, 9.17) is 18.9 Å². The topological polar surface area (TPSA) is 115 Å². The Morgan fingerprint density at radius 2 is 1.79 bits per heavy atom. The van der Waals surface area contributed by atoms with Crippen molar-refractivity contribution in [2.45, 2.75) is 18.9 Å². The number of nitrogens with one attached hydrogen (secondary N) is 2. The first-order valence-corrected chi connectivity index (χ1v) is 10.9. The van der Waals surface area contributed by atoms with E-state index < -0.39 is 23.4 Å². The molecule has 1 unspecified atom stereocenters. The summed E-state index contributed by atoms with van der Waals surface area (Å²) < 4.78 is 21.6. The number of hydrogen-bond donors (Lipinski definition) is 2. The normalized spacial score (nSPS) is 19.0. The molecule has 1 atom stereocenters. The highest BCUT2D eigenvalue weighted by Gasteiger charge is 2.49. The van der Waals surface area contributed by atoms with Crippen LogP contribution in [0.1, 0.15) is 18.1 Å². The number of imide groups is 1. The van der Waals surface area contributed by atoms with Gasteiger partial charge in [-0.15, -0.1) is 0 Å². The van der Waals surface area contributed by atoms with Crippen LogP contribution in [0.4, 0.5) is 4.79 Å². The second-order valence-electron chi connectivity index (χ2n) is 8.09. The monoisotopic (exact) mass is 469 g/mol. The first-order valence-electron chi connectivity index (χ1n) is 10.9. The number of rotatable bonds is 8. The van der Waals surface area contributed by atoms with E-state index in [1.54, 1.807) is 45.4 Å². The number of hydrogen-bond acceptors (Lipinski definition) is 7. The minimum absolute atomic E-state index is 0.331. The van der Waals surface area contributed by atoms with Crippen molar-refractivity contribution in [3.8, 4) is 23.0 Å². The Kier molecular flexibility index (Phi) is 6.49. The van der Waals surface area contributed by atoms with Crippen molar-refractivity contribution in [2.75, 3.05) is 40.5 Å². The molecule has 1 saturated heterocycles. The molecule has 0 saturated carbocycles. The number of fused-ring (bicyclic) bond motifs is 1. The average molecular weight is 469 g/mol. The second-order valence-corrected chi connectivity index (χ2v) is 8.09. The van der Waals surface area contributed by atoms with E-state index in [-0.39, 0.29) is 6.54 Å². The number of urea groups is 1. The number of amides is 4. The maximum atomic E-state index is 13.1. The van der Waals surface area contributed by atoms with Gasteiger partial charge in [0.2, 0.25) is 5.91 Å². The van der Waals surface area contributed by atoms with Crippen molar-refractivity contribution in [3.63, 3.8) is 0 Å². The van der Waals surface area contributed by atoms with Crippen LogP contribution in [0.15, 0.2) is 36.4 Å². The molecule has 2 heterocycles. The fourth-order valence-corrected chi connectivity index (χ4v) is 3.97. The second kappa shape index (κ2) is 9.50. The predicted molar refractivity (Wildman–Crippen MR) is 121 cm³/mol. The molecule has 0 bridgehead atoms.